The summed E-state index contributed by atoms with van der Waals surface area (Å²) in [6.07, 6.45) is 0. The summed E-state index contributed by atoms with van der Waals surface area (Å²) in [6.45, 7) is 0.984. The van der Waals surface area contributed by atoms with E-state index >= 15 is 0 Å². The first-order valence-electron chi connectivity index (χ1n) is 10.3. The van der Waals surface area contributed by atoms with Crippen molar-refractivity contribution in [2.24, 2.45) is 0 Å². The molecule has 0 fully saturated rings. The number of anilines is 2. The van der Waals surface area contributed by atoms with Crippen LogP contribution in [0, 0.1) is 0 Å². The second kappa shape index (κ2) is 16.4. The van der Waals surface area contributed by atoms with Crippen molar-refractivity contribution in [2.75, 3.05) is 44.5 Å². The molecule has 0 aliphatic heterocycles. The second-order valence-corrected chi connectivity index (χ2v) is 7.51. The standard InChI is InChI=1S/C13H12N2O.C12H16ClNO3.ClH/c16-13(14-11-7-3-1-4-8-11)15-12-9-5-2-6-10-12;1-14(2)7-8-16-12(15)9-17-11-5-3-10(13)4-6-11;/h1-10H,(H2,14,15,16);3-6H,7-9H2,1-2H3;1H. The molecule has 0 saturated heterocycles. The largest absolute Gasteiger partial charge is 0.482 e. The van der Waals surface area contributed by atoms with Crippen LogP contribution in [0.3, 0.4) is 0 Å². The number of hydrogen-bond acceptors (Lipinski definition) is 5. The van der Waals surface area contributed by atoms with Crippen LogP contribution in [0.1, 0.15) is 0 Å². The zero-order valence-electron chi connectivity index (χ0n) is 19.1. The molecule has 3 aromatic rings. The zero-order chi connectivity index (χ0) is 23.9. The van der Waals surface area contributed by atoms with Gasteiger partial charge < -0.3 is 25.0 Å². The van der Waals surface area contributed by atoms with E-state index in [1.54, 1.807) is 24.3 Å². The fourth-order valence-electron chi connectivity index (χ4n) is 2.39. The maximum Gasteiger partial charge on any atom is 0.344 e. The molecule has 0 spiro atoms. The van der Waals surface area contributed by atoms with Gasteiger partial charge in [0.15, 0.2) is 6.61 Å². The summed E-state index contributed by atoms with van der Waals surface area (Å²) in [7, 11) is 3.83. The highest BCUT2D eigenvalue weighted by Gasteiger charge is 2.04. The molecule has 2 amide bonds. The normalized spacial score (nSPS) is 9.65. The highest BCUT2D eigenvalue weighted by atomic mass is 35.5. The van der Waals surface area contributed by atoms with Gasteiger partial charge in [0.25, 0.3) is 0 Å². The molecule has 0 saturated carbocycles. The number of halogens is 2. The summed E-state index contributed by atoms with van der Waals surface area (Å²) >= 11 is 5.72. The minimum atomic E-state index is -0.373. The average molecular weight is 506 g/mol. The van der Waals surface area contributed by atoms with E-state index in [9.17, 15) is 9.59 Å². The first kappa shape index (κ1) is 28.8. The van der Waals surface area contributed by atoms with Crippen molar-refractivity contribution >= 4 is 47.4 Å². The number of nitrogens with one attached hydrogen (secondary N) is 2. The van der Waals surface area contributed by atoms with Crippen molar-refractivity contribution in [1.82, 2.24) is 4.90 Å². The molecule has 0 aromatic heterocycles. The summed E-state index contributed by atoms with van der Waals surface area (Å²) in [5, 5.41) is 6.11. The third kappa shape index (κ3) is 12.7. The van der Waals surface area contributed by atoms with Crippen LogP contribution in [-0.4, -0.2) is 50.8 Å². The Balaban J connectivity index is 0.000000331. The average Bonchev–Trinajstić information content (AvgIpc) is 2.80. The molecular weight excluding hydrogens is 477 g/mol. The molecule has 7 nitrogen and oxygen atoms in total. The van der Waals surface area contributed by atoms with Crippen LogP contribution < -0.4 is 15.4 Å². The SMILES string of the molecule is CN(C)CCOC(=O)COc1ccc(Cl)cc1.Cl.O=C(Nc1ccccc1)Nc1ccccc1. The first-order valence-corrected chi connectivity index (χ1v) is 10.7. The number of urea groups is 1. The predicted molar refractivity (Wildman–Crippen MR) is 139 cm³/mol. The fraction of sp³-hybridized carbons (Fsp3) is 0.200. The predicted octanol–water partition coefficient (Wildman–Crippen LogP) is 5.58. The van der Waals surface area contributed by atoms with Crippen molar-refractivity contribution in [3.63, 3.8) is 0 Å². The zero-order valence-corrected chi connectivity index (χ0v) is 20.6. The topological polar surface area (TPSA) is 79.9 Å². The van der Waals surface area contributed by atoms with Crippen LogP contribution >= 0.6 is 24.0 Å². The molecular formula is C25H29Cl2N3O4. The van der Waals surface area contributed by atoms with Gasteiger partial charge in [-0.05, 0) is 62.6 Å². The Morgan fingerprint density at radius 1 is 0.824 bits per heavy atom. The quantitative estimate of drug-likeness (QED) is 0.390. The third-order valence-electron chi connectivity index (χ3n) is 4.04. The van der Waals surface area contributed by atoms with Gasteiger partial charge in [0, 0.05) is 22.9 Å². The van der Waals surface area contributed by atoms with Crippen LogP contribution in [-0.2, 0) is 9.53 Å². The summed E-state index contributed by atoms with van der Waals surface area (Å²) in [4.78, 5) is 24.8. The fourth-order valence-corrected chi connectivity index (χ4v) is 2.52. The van der Waals surface area contributed by atoms with Gasteiger partial charge in [0.05, 0.1) is 0 Å². The highest BCUT2D eigenvalue weighted by molar-refractivity contribution is 6.30. The lowest BCUT2D eigenvalue weighted by Crippen LogP contribution is -2.22. The molecule has 0 aliphatic carbocycles. The number of likely N-dealkylation sites (N-methyl/N-ethyl adjacent to an activating group) is 1. The lowest BCUT2D eigenvalue weighted by molar-refractivity contribution is -0.146. The first-order chi connectivity index (χ1) is 15.9. The Bertz CT molecular complexity index is 929. The third-order valence-corrected chi connectivity index (χ3v) is 4.29. The Morgan fingerprint density at radius 3 is 1.79 bits per heavy atom. The summed E-state index contributed by atoms with van der Waals surface area (Å²) in [5.74, 6) is 0.223. The van der Waals surface area contributed by atoms with Crippen LogP contribution in [0.5, 0.6) is 5.75 Å². The molecule has 182 valence electrons. The Labute approximate surface area is 211 Å². The van der Waals surface area contributed by atoms with Gasteiger partial charge in [-0.25, -0.2) is 9.59 Å². The molecule has 2 N–H and O–H groups in total. The molecule has 0 atom stereocenters. The van der Waals surface area contributed by atoms with Gasteiger partial charge in [-0.3, -0.25) is 0 Å². The van der Waals surface area contributed by atoms with Gasteiger partial charge in [0.2, 0.25) is 0 Å². The van der Waals surface area contributed by atoms with Crippen molar-refractivity contribution in [3.8, 4) is 5.75 Å². The molecule has 0 bridgehead atoms. The maximum absolute atomic E-state index is 11.6. The number of amides is 2. The van der Waals surface area contributed by atoms with E-state index in [-0.39, 0.29) is 31.0 Å². The molecule has 0 radical (unpaired) electrons. The number of para-hydroxylation sites is 2. The summed E-state index contributed by atoms with van der Waals surface area (Å²) < 4.78 is 10.2. The molecule has 9 heteroatoms. The van der Waals surface area contributed by atoms with Crippen molar-refractivity contribution in [3.05, 3.63) is 90.0 Å². The number of esters is 1. The van der Waals surface area contributed by atoms with Crippen molar-refractivity contribution < 1.29 is 19.1 Å². The second-order valence-electron chi connectivity index (χ2n) is 7.08. The van der Waals surface area contributed by atoms with Gasteiger partial charge in [-0.1, -0.05) is 48.0 Å². The van der Waals surface area contributed by atoms with Gasteiger partial charge >= 0.3 is 12.0 Å². The van der Waals surface area contributed by atoms with E-state index in [2.05, 4.69) is 10.6 Å². The smallest absolute Gasteiger partial charge is 0.344 e. The van der Waals surface area contributed by atoms with Gasteiger partial charge in [-0.15, -0.1) is 12.4 Å². The maximum atomic E-state index is 11.6. The highest BCUT2D eigenvalue weighted by Crippen LogP contribution is 2.15. The molecule has 0 heterocycles. The molecule has 34 heavy (non-hydrogen) atoms. The monoisotopic (exact) mass is 505 g/mol. The number of carbonyl (C=O) groups is 2. The van der Waals surface area contributed by atoms with Gasteiger partial charge in [0.1, 0.15) is 12.4 Å². The number of benzene rings is 3. The molecule has 3 rings (SSSR count). The Morgan fingerprint density at radius 2 is 1.32 bits per heavy atom. The van der Waals surface area contributed by atoms with Crippen molar-refractivity contribution in [2.45, 2.75) is 0 Å². The Hall–Kier alpha value is -3.26. The summed E-state index contributed by atoms with van der Waals surface area (Å²) in [6, 6.07) is 25.2. The lowest BCUT2D eigenvalue weighted by Gasteiger charge is -2.10. The van der Waals surface area contributed by atoms with Crippen LogP contribution in [0.15, 0.2) is 84.9 Å². The van der Waals surface area contributed by atoms with E-state index in [0.29, 0.717) is 23.9 Å². The van der Waals surface area contributed by atoms with Crippen LogP contribution in [0.2, 0.25) is 5.02 Å². The molecule has 3 aromatic carbocycles. The molecule has 0 unspecified atom stereocenters. The minimum absolute atomic E-state index is 0. The Kier molecular flexibility index (Phi) is 13.9. The number of nitrogens with zero attached hydrogens (tertiary/aromatic N) is 1. The number of ether oxygens (including phenoxy) is 2. The van der Waals surface area contributed by atoms with E-state index in [0.717, 1.165) is 11.4 Å². The number of carbonyl (C=O) groups excluding carboxylic acids is 2. The number of hydrogen-bond donors (Lipinski definition) is 2. The van der Waals surface area contributed by atoms with E-state index in [1.807, 2.05) is 79.7 Å². The lowest BCUT2D eigenvalue weighted by atomic mass is 10.3. The minimum Gasteiger partial charge on any atom is -0.482 e. The van der Waals surface area contributed by atoms with Gasteiger partial charge in [-0.2, -0.15) is 0 Å². The van der Waals surface area contributed by atoms with Crippen LogP contribution in [0.4, 0.5) is 16.2 Å². The molecule has 0 aliphatic rings. The summed E-state index contributed by atoms with van der Waals surface area (Å²) in [5.41, 5.74) is 1.55. The van der Waals surface area contributed by atoms with Crippen LogP contribution in [0.25, 0.3) is 0 Å². The van der Waals surface area contributed by atoms with E-state index in [4.69, 9.17) is 21.1 Å². The number of rotatable bonds is 8. The van der Waals surface area contributed by atoms with E-state index < -0.39 is 0 Å². The van der Waals surface area contributed by atoms with E-state index in [1.165, 1.54) is 0 Å². The van der Waals surface area contributed by atoms with Crippen molar-refractivity contribution in [1.29, 1.82) is 0 Å².